The number of anilines is 2. The fourth-order valence-electron chi connectivity index (χ4n) is 5.51. The number of imide groups is 1. The molecule has 0 aliphatic carbocycles. The van der Waals surface area contributed by atoms with Gasteiger partial charge in [-0.05, 0) is 61.0 Å². The van der Waals surface area contributed by atoms with E-state index in [-0.39, 0.29) is 23.9 Å². The molecule has 2 aliphatic rings. The molecule has 10 nitrogen and oxygen atoms in total. The maximum absolute atomic E-state index is 14.0. The number of ether oxygens (including phenoxy) is 2. The van der Waals surface area contributed by atoms with E-state index in [1.807, 2.05) is 30.3 Å². The van der Waals surface area contributed by atoms with Crippen LogP contribution < -0.4 is 19.8 Å². The fourth-order valence-corrected chi connectivity index (χ4v) is 8.28. The van der Waals surface area contributed by atoms with E-state index in [9.17, 15) is 24.0 Å². The van der Waals surface area contributed by atoms with E-state index in [1.54, 1.807) is 50.4 Å². The lowest BCUT2D eigenvalue weighted by Gasteiger charge is -2.30. The first-order chi connectivity index (χ1) is 21.3. The summed E-state index contributed by atoms with van der Waals surface area (Å²) in [5.74, 6) is -2.41. The first-order valence-electron chi connectivity index (χ1n) is 13.8. The summed E-state index contributed by atoms with van der Waals surface area (Å²) < 4.78 is 11.6. The van der Waals surface area contributed by atoms with Gasteiger partial charge in [0.2, 0.25) is 17.7 Å². The molecular weight excluding hydrogens is 603 g/mol. The van der Waals surface area contributed by atoms with Crippen molar-refractivity contribution >= 4 is 58.2 Å². The predicted molar refractivity (Wildman–Crippen MR) is 167 cm³/mol. The zero-order valence-electron chi connectivity index (χ0n) is 23.7. The Morgan fingerprint density at radius 3 is 2.27 bits per heavy atom. The van der Waals surface area contributed by atoms with Gasteiger partial charge in [-0.1, -0.05) is 53.4 Å². The lowest BCUT2D eigenvalue weighted by Crippen LogP contribution is -2.33. The second kappa shape index (κ2) is 12.1. The summed E-state index contributed by atoms with van der Waals surface area (Å²) in [6.45, 7) is 1.68. The number of nitrogens with one attached hydrogen (secondary N) is 1. The van der Waals surface area contributed by atoms with E-state index in [4.69, 9.17) is 9.47 Å². The molecule has 3 amide bonds. The normalized spacial score (nSPS) is 18.9. The van der Waals surface area contributed by atoms with Crippen molar-refractivity contribution in [3.05, 3.63) is 105 Å². The van der Waals surface area contributed by atoms with Crippen LogP contribution in [0.3, 0.4) is 0 Å². The highest BCUT2D eigenvalue weighted by molar-refractivity contribution is 8.00. The molecule has 3 unspecified atom stereocenters. The van der Waals surface area contributed by atoms with Gasteiger partial charge in [0.1, 0.15) is 17.5 Å². The molecule has 3 aromatic carbocycles. The van der Waals surface area contributed by atoms with Gasteiger partial charge in [-0.25, -0.2) is 9.69 Å². The van der Waals surface area contributed by atoms with Crippen LogP contribution in [-0.4, -0.2) is 47.2 Å². The van der Waals surface area contributed by atoms with Crippen molar-refractivity contribution in [1.29, 1.82) is 0 Å². The Hall–Kier alpha value is -4.68. The lowest BCUT2D eigenvalue weighted by molar-refractivity contribution is -0.122. The van der Waals surface area contributed by atoms with Crippen LogP contribution in [0, 0.1) is 5.92 Å². The summed E-state index contributed by atoms with van der Waals surface area (Å²) in [5.41, 5.74) is 1.99. The number of carbonyl (C=O) groups is 4. The van der Waals surface area contributed by atoms with Crippen LogP contribution in [0.4, 0.5) is 11.4 Å². The van der Waals surface area contributed by atoms with E-state index in [1.165, 1.54) is 16.7 Å². The molecule has 1 saturated heterocycles. The Morgan fingerprint density at radius 1 is 0.909 bits per heavy atom. The first-order valence-corrected chi connectivity index (χ1v) is 15.5. The van der Waals surface area contributed by atoms with Crippen LogP contribution in [0.25, 0.3) is 0 Å². The Bertz CT molecular complexity index is 1800. The third kappa shape index (κ3) is 5.31. The molecule has 44 heavy (non-hydrogen) atoms. The van der Waals surface area contributed by atoms with Gasteiger partial charge in [-0.15, -0.1) is 0 Å². The minimum Gasteiger partial charge on any atom is -0.497 e. The molecular formula is C32H27N3O7S2. The number of hydrogen-bond donors (Lipinski definition) is 1. The van der Waals surface area contributed by atoms with Crippen LogP contribution in [0.2, 0.25) is 0 Å². The summed E-state index contributed by atoms with van der Waals surface area (Å²) in [6, 6.07) is 22.3. The molecule has 0 bridgehead atoms. The highest BCUT2D eigenvalue weighted by Crippen LogP contribution is 2.53. The minimum absolute atomic E-state index is 0.226. The average molecular weight is 630 g/mol. The van der Waals surface area contributed by atoms with Crippen LogP contribution >= 0.6 is 23.1 Å². The Balaban J connectivity index is 1.34. The Morgan fingerprint density at radius 2 is 1.61 bits per heavy atom. The molecule has 2 aliphatic heterocycles. The zero-order valence-corrected chi connectivity index (χ0v) is 25.4. The summed E-state index contributed by atoms with van der Waals surface area (Å²) in [4.78, 5) is 67.9. The quantitative estimate of drug-likeness (QED) is 0.223. The molecule has 0 spiro atoms. The SMILES string of the molecule is CCOC(=O)c1ccc(N2C(=O)C3Sc4c(sc(=O)n4CC(=O)Nc4ccc(OC)cc4)C(c4ccccc4)C3C2=O)cc1. The maximum Gasteiger partial charge on any atom is 0.338 e. The molecule has 0 saturated carbocycles. The van der Waals surface area contributed by atoms with Crippen molar-refractivity contribution in [2.75, 3.05) is 23.9 Å². The summed E-state index contributed by atoms with van der Waals surface area (Å²) in [6.07, 6.45) is 0. The van der Waals surface area contributed by atoms with Crippen molar-refractivity contribution in [2.45, 2.75) is 29.7 Å². The van der Waals surface area contributed by atoms with E-state index in [0.717, 1.165) is 33.6 Å². The number of benzene rings is 3. The monoisotopic (exact) mass is 629 g/mol. The van der Waals surface area contributed by atoms with Crippen molar-refractivity contribution < 1.29 is 28.7 Å². The first kappa shape index (κ1) is 29.4. The van der Waals surface area contributed by atoms with Crippen molar-refractivity contribution in [1.82, 2.24) is 4.57 Å². The molecule has 4 aromatic rings. The van der Waals surface area contributed by atoms with Gasteiger partial charge < -0.3 is 14.8 Å². The molecule has 0 radical (unpaired) electrons. The van der Waals surface area contributed by atoms with Crippen molar-refractivity contribution in [3.8, 4) is 5.75 Å². The lowest BCUT2D eigenvalue weighted by atomic mass is 9.83. The molecule has 12 heteroatoms. The van der Waals surface area contributed by atoms with Crippen LogP contribution in [0.1, 0.15) is 33.6 Å². The number of fused-ring (bicyclic) bond motifs is 2. The minimum atomic E-state index is -0.824. The van der Waals surface area contributed by atoms with Crippen LogP contribution in [0.5, 0.6) is 5.75 Å². The third-order valence-corrected chi connectivity index (χ3v) is 10.1. The van der Waals surface area contributed by atoms with Gasteiger partial charge in [0.25, 0.3) is 0 Å². The van der Waals surface area contributed by atoms with E-state index in [2.05, 4.69) is 5.32 Å². The van der Waals surface area contributed by atoms with Crippen LogP contribution in [0.15, 0.2) is 88.7 Å². The highest BCUT2D eigenvalue weighted by atomic mass is 32.2. The largest absolute Gasteiger partial charge is 0.497 e. The van der Waals surface area contributed by atoms with Gasteiger partial charge in [0.05, 0.1) is 35.9 Å². The number of thiazole rings is 1. The number of thioether (sulfide) groups is 1. The predicted octanol–water partition coefficient (Wildman–Crippen LogP) is 4.53. The van der Waals surface area contributed by atoms with E-state index < -0.39 is 34.9 Å². The average Bonchev–Trinajstić information content (AvgIpc) is 3.48. The standard InChI is InChI=1S/C32H27N3O7S2/c1-3-42-31(39)19-9-13-21(14-10-19)35-28(37)25-24(18-7-5-4-6-8-18)27-30(43-26(25)29(35)38)34(32(40)44-27)17-23(36)33-20-11-15-22(41-2)16-12-20/h4-16,24-26H,3,17H2,1-2H3,(H,33,36). The second-order valence-corrected chi connectivity index (χ2v) is 12.3. The number of nitrogens with zero attached hydrogens (tertiary/aromatic N) is 2. The van der Waals surface area contributed by atoms with E-state index >= 15 is 0 Å². The maximum atomic E-state index is 14.0. The molecule has 3 atom stereocenters. The smallest absolute Gasteiger partial charge is 0.338 e. The van der Waals surface area contributed by atoms with Gasteiger partial charge in [-0.2, -0.15) is 0 Å². The van der Waals surface area contributed by atoms with Crippen LogP contribution in [-0.2, 0) is 25.7 Å². The van der Waals surface area contributed by atoms with Crippen molar-refractivity contribution in [3.63, 3.8) is 0 Å². The number of hydrogen-bond acceptors (Lipinski definition) is 9. The van der Waals surface area contributed by atoms with Gasteiger partial charge in [-0.3, -0.25) is 23.7 Å². The Labute approximate surface area is 260 Å². The zero-order chi connectivity index (χ0) is 31.0. The number of esters is 1. The third-order valence-electron chi connectivity index (χ3n) is 7.52. The topological polar surface area (TPSA) is 124 Å². The number of methoxy groups -OCH3 is 1. The highest BCUT2D eigenvalue weighted by Gasteiger charge is 2.56. The molecule has 3 heterocycles. The fraction of sp³-hybridized carbons (Fsp3) is 0.219. The number of aromatic nitrogens is 1. The summed E-state index contributed by atoms with van der Waals surface area (Å²) in [5, 5.41) is 2.47. The van der Waals surface area contributed by atoms with Crippen molar-refractivity contribution in [2.24, 2.45) is 5.92 Å². The number of rotatable bonds is 8. The van der Waals surface area contributed by atoms with E-state index in [0.29, 0.717) is 32.6 Å². The van der Waals surface area contributed by atoms with Gasteiger partial charge >= 0.3 is 10.8 Å². The Kier molecular flexibility index (Phi) is 8.11. The molecule has 1 N–H and O–H groups in total. The molecule has 6 rings (SSSR count). The second-order valence-electron chi connectivity index (χ2n) is 10.1. The summed E-state index contributed by atoms with van der Waals surface area (Å²) >= 11 is 2.13. The molecule has 224 valence electrons. The van der Waals surface area contributed by atoms with Gasteiger partial charge in [0, 0.05) is 16.5 Å². The summed E-state index contributed by atoms with van der Waals surface area (Å²) in [7, 11) is 1.55. The molecule has 1 aromatic heterocycles. The molecule has 1 fully saturated rings. The number of carbonyl (C=O) groups excluding carboxylic acids is 4. The van der Waals surface area contributed by atoms with Gasteiger partial charge in [0.15, 0.2) is 0 Å². The number of amides is 3.